The quantitative estimate of drug-likeness (QED) is 0.873. The van der Waals surface area contributed by atoms with Crippen LogP contribution in [0.3, 0.4) is 0 Å². The maximum absolute atomic E-state index is 13.6. The van der Waals surface area contributed by atoms with Crippen LogP contribution >= 0.6 is 0 Å². The second kappa shape index (κ2) is 6.05. The van der Waals surface area contributed by atoms with Crippen LogP contribution in [0, 0.1) is 17.5 Å². The number of rotatable bonds is 4. The Hall–Kier alpha value is -1.88. The number of pyridine rings is 1. The zero-order valence-corrected chi connectivity index (χ0v) is 11.0. The SMILES string of the molecule is CCc1ccc(CC(N)c2ccc(F)c(F)c2F)nc1. The van der Waals surface area contributed by atoms with Crippen LogP contribution in [0.25, 0.3) is 0 Å². The maximum Gasteiger partial charge on any atom is 0.194 e. The topological polar surface area (TPSA) is 38.9 Å². The first-order valence-electron chi connectivity index (χ1n) is 6.35. The molecule has 5 heteroatoms. The van der Waals surface area contributed by atoms with Gasteiger partial charge in [-0.15, -0.1) is 0 Å². The second-order valence-corrected chi connectivity index (χ2v) is 4.59. The molecule has 1 atom stereocenters. The van der Waals surface area contributed by atoms with Gasteiger partial charge in [-0.2, -0.15) is 0 Å². The normalized spacial score (nSPS) is 12.4. The highest BCUT2D eigenvalue weighted by molar-refractivity contribution is 5.25. The Morgan fingerprint density at radius 1 is 1.10 bits per heavy atom. The first-order chi connectivity index (χ1) is 9.52. The van der Waals surface area contributed by atoms with E-state index < -0.39 is 23.5 Å². The monoisotopic (exact) mass is 280 g/mol. The highest BCUT2D eigenvalue weighted by Gasteiger charge is 2.18. The molecule has 0 bridgehead atoms. The maximum atomic E-state index is 13.6. The van der Waals surface area contributed by atoms with Crippen LogP contribution in [0.2, 0.25) is 0 Å². The van der Waals surface area contributed by atoms with Crippen molar-refractivity contribution in [2.45, 2.75) is 25.8 Å². The average Bonchev–Trinajstić information content (AvgIpc) is 2.45. The molecule has 0 amide bonds. The summed E-state index contributed by atoms with van der Waals surface area (Å²) in [5.41, 5.74) is 7.56. The van der Waals surface area contributed by atoms with Crippen molar-refractivity contribution >= 4 is 0 Å². The molecule has 1 unspecified atom stereocenters. The van der Waals surface area contributed by atoms with E-state index in [0.29, 0.717) is 5.69 Å². The molecule has 0 aliphatic heterocycles. The molecule has 0 aliphatic rings. The molecule has 1 heterocycles. The average molecular weight is 280 g/mol. The number of nitrogens with two attached hydrogens (primary N) is 1. The minimum absolute atomic E-state index is 0.0507. The third kappa shape index (κ3) is 2.99. The summed E-state index contributed by atoms with van der Waals surface area (Å²) in [6.07, 6.45) is 2.85. The van der Waals surface area contributed by atoms with Gasteiger partial charge in [0, 0.05) is 29.9 Å². The molecule has 0 spiro atoms. The van der Waals surface area contributed by atoms with Gasteiger partial charge in [0.05, 0.1) is 0 Å². The number of nitrogens with zero attached hydrogens (tertiary/aromatic N) is 1. The number of hydrogen-bond donors (Lipinski definition) is 1. The van der Waals surface area contributed by atoms with Crippen molar-refractivity contribution in [2.75, 3.05) is 0 Å². The summed E-state index contributed by atoms with van der Waals surface area (Å²) in [7, 11) is 0. The van der Waals surface area contributed by atoms with Gasteiger partial charge in [0.25, 0.3) is 0 Å². The lowest BCUT2D eigenvalue weighted by Crippen LogP contribution is -2.17. The van der Waals surface area contributed by atoms with Gasteiger partial charge in [0.2, 0.25) is 0 Å². The van der Waals surface area contributed by atoms with E-state index in [2.05, 4.69) is 4.98 Å². The van der Waals surface area contributed by atoms with Crippen molar-refractivity contribution in [1.29, 1.82) is 0 Å². The lowest BCUT2D eigenvalue weighted by molar-refractivity contribution is 0.435. The van der Waals surface area contributed by atoms with E-state index >= 15 is 0 Å². The Morgan fingerprint density at radius 2 is 1.85 bits per heavy atom. The summed E-state index contributed by atoms with van der Waals surface area (Å²) in [6, 6.07) is 4.98. The lowest BCUT2D eigenvalue weighted by atomic mass is 10.0. The first-order valence-corrected chi connectivity index (χ1v) is 6.35. The third-order valence-electron chi connectivity index (χ3n) is 3.19. The Balaban J connectivity index is 2.19. The van der Waals surface area contributed by atoms with Gasteiger partial charge in [-0.25, -0.2) is 13.2 Å². The molecule has 2 aromatic rings. The highest BCUT2D eigenvalue weighted by atomic mass is 19.2. The molecule has 20 heavy (non-hydrogen) atoms. The Bertz CT molecular complexity index is 597. The van der Waals surface area contributed by atoms with Crippen LogP contribution < -0.4 is 5.73 Å². The van der Waals surface area contributed by atoms with Gasteiger partial charge in [0.15, 0.2) is 17.5 Å². The Kier molecular flexibility index (Phi) is 4.39. The van der Waals surface area contributed by atoms with Crippen molar-refractivity contribution in [3.8, 4) is 0 Å². The molecule has 2 nitrogen and oxygen atoms in total. The first kappa shape index (κ1) is 14.5. The molecular formula is C15H15F3N2. The fourth-order valence-electron chi connectivity index (χ4n) is 1.95. The largest absolute Gasteiger partial charge is 0.324 e. The van der Waals surface area contributed by atoms with Gasteiger partial charge in [-0.1, -0.05) is 19.1 Å². The standard InChI is InChI=1S/C15H15F3N2/c1-2-9-3-4-10(20-8-9)7-13(19)11-5-6-12(16)15(18)14(11)17/h3-6,8,13H,2,7,19H2,1H3. The van der Waals surface area contributed by atoms with Crippen molar-refractivity contribution < 1.29 is 13.2 Å². The van der Waals surface area contributed by atoms with E-state index in [1.807, 2.05) is 13.0 Å². The fraction of sp³-hybridized carbons (Fsp3) is 0.267. The molecular weight excluding hydrogens is 265 g/mol. The van der Waals surface area contributed by atoms with E-state index in [9.17, 15) is 13.2 Å². The van der Waals surface area contributed by atoms with E-state index in [1.54, 1.807) is 12.3 Å². The van der Waals surface area contributed by atoms with Crippen LogP contribution in [-0.4, -0.2) is 4.98 Å². The molecule has 0 radical (unpaired) electrons. The summed E-state index contributed by atoms with van der Waals surface area (Å²) in [5, 5.41) is 0. The Morgan fingerprint density at radius 3 is 2.45 bits per heavy atom. The predicted molar refractivity (Wildman–Crippen MR) is 70.6 cm³/mol. The number of aromatic nitrogens is 1. The third-order valence-corrected chi connectivity index (χ3v) is 3.19. The summed E-state index contributed by atoms with van der Waals surface area (Å²) in [4.78, 5) is 4.21. The molecule has 2 N–H and O–H groups in total. The summed E-state index contributed by atoms with van der Waals surface area (Å²) in [5.74, 6) is -3.95. The highest BCUT2D eigenvalue weighted by Crippen LogP contribution is 2.22. The van der Waals surface area contributed by atoms with Crippen molar-refractivity contribution in [3.63, 3.8) is 0 Å². The number of halogens is 3. The van der Waals surface area contributed by atoms with Gasteiger partial charge >= 0.3 is 0 Å². The zero-order chi connectivity index (χ0) is 14.7. The number of benzene rings is 1. The molecule has 106 valence electrons. The number of aryl methyl sites for hydroxylation is 1. The zero-order valence-electron chi connectivity index (χ0n) is 11.0. The minimum Gasteiger partial charge on any atom is -0.324 e. The summed E-state index contributed by atoms with van der Waals surface area (Å²) < 4.78 is 39.7. The predicted octanol–water partition coefficient (Wildman–Crippen LogP) is 3.30. The number of hydrogen-bond acceptors (Lipinski definition) is 2. The second-order valence-electron chi connectivity index (χ2n) is 4.59. The van der Waals surface area contributed by atoms with Crippen molar-refractivity contribution in [3.05, 3.63) is 64.7 Å². The molecule has 1 aromatic carbocycles. The molecule has 2 rings (SSSR count). The molecule has 0 saturated heterocycles. The van der Waals surface area contributed by atoms with Crippen LogP contribution in [0.1, 0.15) is 29.8 Å². The van der Waals surface area contributed by atoms with E-state index in [1.165, 1.54) is 6.07 Å². The van der Waals surface area contributed by atoms with Gasteiger partial charge in [0.1, 0.15) is 0 Å². The van der Waals surface area contributed by atoms with Crippen LogP contribution in [0.5, 0.6) is 0 Å². The minimum atomic E-state index is -1.49. The van der Waals surface area contributed by atoms with E-state index in [-0.39, 0.29) is 12.0 Å². The summed E-state index contributed by atoms with van der Waals surface area (Å²) in [6.45, 7) is 2.01. The van der Waals surface area contributed by atoms with Gasteiger partial charge < -0.3 is 5.73 Å². The molecule has 0 aliphatic carbocycles. The van der Waals surface area contributed by atoms with E-state index in [4.69, 9.17) is 5.73 Å². The molecule has 0 fully saturated rings. The van der Waals surface area contributed by atoms with E-state index in [0.717, 1.165) is 18.1 Å². The smallest absolute Gasteiger partial charge is 0.194 e. The summed E-state index contributed by atoms with van der Waals surface area (Å²) >= 11 is 0. The lowest BCUT2D eigenvalue weighted by Gasteiger charge is -2.13. The van der Waals surface area contributed by atoms with Crippen LogP contribution in [0.4, 0.5) is 13.2 Å². The van der Waals surface area contributed by atoms with Gasteiger partial charge in [-0.3, -0.25) is 4.98 Å². The van der Waals surface area contributed by atoms with Crippen LogP contribution in [-0.2, 0) is 12.8 Å². The van der Waals surface area contributed by atoms with Crippen LogP contribution in [0.15, 0.2) is 30.5 Å². The molecule has 0 saturated carbocycles. The van der Waals surface area contributed by atoms with Crippen molar-refractivity contribution in [1.82, 2.24) is 4.98 Å². The Labute approximate surface area is 115 Å². The van der Waals surface area contributed by atoms with Gasteiger partial charge in [-0.05, 0) is 24.1 Å². The molecule has 1 aromatic heterocycles. The fourth-order valence-corrected chi connectivity index (χ4v) is 1.95. The van der Waals surface area contributed by atoms with Crippen molar-refractivity contribution in [2.24, 2.45) is 5.73 Å².